The Bertz CT molecular complexity index is 1070. The molecule has 12 heteroatoms. The maximum atomic E-state index is 12.3. The monoisotopic (exact) mass is 452 g/mol. The molecule has 0 radical (unpaired) electrons. The van der Waals surface area contributed by atoms with Crippen molar-refractivity contribution in [3.8, 4) is 6.07 Å². The second-order valence-corrected chi connectivity index (χ2v) is 7.52. The SMILES string of the molecule is CCCOC(=O)C(OC(=O)NS(=O)(=O)Nc1ncccc1C#N)c1ccccc1Cl. The normalized spacial score (nSPS) is 11.6. The Labute approximate surface area is 178 Å². The van der Waals surface area contributed by atoms with E-state index in [0.717, 1.165) is 0 Å². The Kier molecular flexibility index (Phi) is 7.97. The molecular weight excluding hydrogens is 436 g/mol. The third-order valence-corrected chi connectivity index (χ3v) is 4.69. The van der Waals surface area contributed by atoms with Crippen LogP contribution in [0, 0.1) is 11.3 Å². The van der Waals surface area contributed by atoms with E-state index in [1.807, 2.05) is 4.72 Å². The molecule has 0 aliphatic rings. The molecule has 0 bridgehead atoms. The Morgan fingerprint density at radius 2 is 2.00 bits per heavy atom. The second kappa shape index (κ2) is 10.4. The van der Waals surface area contributed by atoms with Crippen LogP contribution in [0.15, 0.2) is 42.6 Å². The maximum Gasteiger partial charge on any atom is 0.423 e. The summed E-state index contributed by atoms with van der Waals surface area (Å²) in [5.74, 6) is -1.20. The molecule has 30 heavy (non-hydrogen) atoms. The minimum absolute atomic E-state index is 0.0617. The summed E-state index contributed by atoms with van der Waals surface area (Å²) in [6.45, 7) is 1.85. The highest BCUT2D eigenvalue weighted by atomic mass is 35.5. The van der Waals surface area contributed by atoms with Gasteiger partial charge in [-0.1, -0.05) is 36.7 Å². The van der Waals surface area contributed by atoms with E-state index in [0.29, 0.717) is 6.42 Å². The van der Waals surface area contributed by atoms with E-state index in [1.54, 1.807) is 29.8 Å². The molecule has 0 aliphatic heterocycles. The van der Waals surface area contributed by atoms with Gasteiger partial charge in [0.05, 0.1) is 12.2 Å². The number of anilines is 1. The number of halogens is 1. The first-order valence-corrected chi connectivity index (χ1v) is 10.4. The van der Waals surface area contributed by atoms with Gasteiger partial charge in [-0.25, -0.2) is 24.0 Å². The molecule has 0 saturated heterocycles. The lowest BCUT2D eigenvalue weighted by atomic mass is 10.1. The van der Waals surface area contributed by atoms with Crippen LogP contribution in [0.2, 0.25) is 5.02 Å². The topological polar surface area (TPSA) is 147 Å². The zero-order valence-corrected chi connectivity index (χ0v) is 17.2. The molecule has 2 rings (SSSR count). The summed E-state index contributed by atoms with van der Waals surface area (Å²) in [6.07, 6.45) is -1.27. The highest BCUT2D eigenvalue weighted by molar-refractivity contribution is 7.91. The maximum absolute atomic E-state index is 12.3. The van der Waals surface area contributed by atoms with Gasteiger partial charge in [0.25, 0.3) is 0 Å². The van der Waals surface area contributed by atoms with Crippen LogP contribution in [-0.2, 0) is 24.5 Å². The van der Waals surface area contributed by atoms with Gasteiger partial charge in [-0.15, -0.1) is 0 Å². The number of rotatable bonds is 8. The fraction of sp³-hybridized carbons (Fsp3) is 0.222. The van der Waals surface area contributed by atoms with Crippen molar-refractivity contribution in [2.75, 3.05) is 11.3 Å². The van der Waals surface area contributed by atoms with Gasteiger partial charge < -0.3 is 9.47 Å². The summed E-state index contributed by atoms with van der Waals surface area (Å²) >= 11 is 6.07. The number of benzene rings is 1. The van der Waals surface area contributed by atoms with Crippen molar-refractivity contribution in [2.45, 2.75) is 19.4 Å². The van der Waals surface area contributed by atoms with Crippen molar-refractivity contribution in [2.24, 2.45) is 0 Å². The van der Waals surface area contributed by atoms with Gasteiger partial charge in [-0.05, 0) is 24.6 Å². The van der Waals surface area contributed by atoms with Crippen LogP contribution < -0.4 is 9.44 Å². The lowest BCUT2D eigenvalue weighted by Gasteiger charge is -2.18. The molecule has 0 saturated carbocycles. The summed E-state index contributed by atoms with van der Waals surface area (Å²) in [5.41, 5.74) is 0.0607. The van der Waals surface area contributed by atoms with Crippen LogP contribution in [0.1, 0.15) is 30.6 Å². The Balaban J connectivity index is 2.17. The van der Waals surface area contributed by atoms with Gasteiger partial charge in [0.1, 0.15) is 6.07 Å². The predicted molar refractivity (Wildman–Crippen MR) is 107 cm³/mol. The Hall–Kier alpha value is -3.36. The number of nitrogens with one attached hydrogen (secondary N) is 2. The number of carbonyl (C=O) groups is 2. The first-order valence-electron chi connectivity index (χ1n) is 8.54. The van der Waals surface area contributed by atoms with Crippen molar-refractivity contribution in [3.63, 3.8) is 0 Å². The molecule has 158 valence electrons. The minimum atomic E-state index is -4.52. The Morgan fingerprint density at radius 1 is 1.27 bits per heavy atom. The number of aromatic nitrogens is 1. The molecule has 10 nitrogen and oxygen atoms in total. The molecule has 1 unspecified atom stereocenters. The van der Waals surface area contributed by atoms with Gasteiger partial charge in [0, 0.05) is 16.8 Å². The van der Waals surface area contributed by atoms with E-state index in [4.69, 9.17) is 26.3 Å². The summed E-state index contributed by atoms with van der Waals surface area (Å²) in [7, 11) is -4.52. The first-order chi connectivity index (χ1) is 14.3. The number of ether oxygens (including phenoxy) is 2. The zero-order valence-electron chi connectivity index (χ0n) is 15.7. The van der Waals surface area contributed by atoms with Crippen molar-refractivity contribution >= 4 is 39.7 Å². The first kappa shape index (κ1) is 22.9. The predicted octanol–water partition coefficient (Wildman–Crippen LogP) is 2.68. The molecule has 0 fully saturated rings. The van der Waals surface area contributed by atoms with Gasteiger partial charge in [-0.2, -0.15) is 13.7 Å². The molecule has 1 aromatic heterocycles. The number of pyridine rings is 1. The quantitative estimate of drug-likeness (QED) is 0.581. The van der Waals surface area contributed by atoms with E-state index in [2.05, 4.69) is 4.98 Å². The van der Waals surface area contributed by atoms with Gasteiger partial charge in [0.15, 0.2) is 5.82 Å². The van der Waals surface area contributed by atoms with Crippen LogP contribution in [0.25, 0.3) is 0 Å². The molecule has 1 heterocycles. The van der Waals surface area contributed by atoms with E-state index in [9.17, 15) is 18.0 Å². The number of carbonyl (C=O) groups excluding carboxylic acids is 2. The van der Waals surface area contributed by atoms with Crippen LogP contribution in [0.5, 0.6) is 0 Å². The average Bonchev–Trinajstić information content (AvgIpc) is 2.70. The van der Waals surface area contributed by atoms with Crippen LogP contribution in [0.3, 0.4) is 0 Å². The molecule has 0 aliphatic carbocycles. The van der Waals surface area contributed by atoms with Crippen molar-refractivity contribution in [3.05, 3.63) is 58.7 Å². The van der Waals surface area contributed by atoms with Gasteiger partial charge >= 0.3 is 22.3 Å². The molecule has 0 spiro atoms. The number of hydrogen-bond donors (Lipinski definition) is 2. The lowest BCUT2D eigenvalue weighted by molar-refractivity contribution is -0.154. The van der Waals surface area contributed by atoms with E-state index in [1.165, 1.54) is 30.5 Å². The smallest absolute Gasteiger partial charge is 0.423 e. The fourth-order valence-corrected chi connectivity index (χ4v) is 3.15. The van der Waals surface area contributed by atoms with Crippen molar-refractivity contribution in [1.29, 1.82) is 5.26 Å². The van der Waals surface area contributed by atoms with E-state index < -0.39 is 28.4 Å². The minimum Gasteiger partial charge on any atom is -0.463 e. The third-order valence-electron chi connectivity index (χ3n) is 3.45. The van der Waals surface area contributed by atoms with Crippen molar-refractivity contribution < 1.29 is 27.5 Å². The largest absolute Gasteiger partial charge is 0.463 e. The highest BCUT2D eigenvalue weighted by Gasteiger charge is 2.30. The average molecular weight is 453 g/mol. The molecule has 1 aromatic carbocycles. The van der Waals surface area contributed by atoms with Gasteiger partial charge in [0.2, 0.25) is 6.10 Å². The number of hydrogen-bond acceptors (Lipinski definition) is 8. The summed E-state index contributed by atoms with van der Waals surface area (Å²) in [6, 6.07) is 10.6. The number of esters is 1. The van der Waals surface area contributed by atoms with Crippen molar-refractivity contribution in [1.82, 2.24) is 9.71 Å². The van der Waals surface area contributed by atoms with Crippen LogP contribution in [-0.4, -0.2) is 32.1 Å². The molecule has 2 aromatic rings. The van der Waals surface area contributed by atoms with Crippen LogP contribution >= 0.6 is 11.6 Å². The standard InChI is InChI=1S/C18H17ClN4O6S/c1-2-10-28-17(24)15(13-7-3-4-8-14(13)19)29-18(25)23-30(26,27)22-16-12(11-20)6-5-9-21-16/h3-9,15H,2,10H2,1H3,(H,21,22)(H,23,25). The number of nitrogens with zero attached hydrogens (tertiary/aromatic N) is 2. The third kappa shape index (κ3) is 6.33. The highest BCUT2D eigenvalue weighted by Crippen LogP contribution is 2.27. The summed E-state index contributed by atoms with van der Waals surface area (Å²) in [4.78, 5) is 28.2. The zero-order chi connectivity index (χ0) is 22.1. The van der Waals surface area contributed by atoms with Gasteiger partial charge in [-0.3, -0.25) is 0 Å². The van der Waals surface area contributed by atoms with E-state index in [-0.39, 0.29) is 28.6 Å². The van der Waals surface area contributed by atoms with E-state index >= 15 is 0 Å². The fourth-order valence-electron chi connectivity index (χ4n) is 2.18. The second-order valence-electron chi connectivity index (χ2n) is 5.69. The Morgan fingerprint density at radius 3 is 2.67 bits per heavy atom. The molecule has 1 atom stereocenters. The summed E-state index contributed by atoms with van der Waals surface area (Å²) < 4.78 is 37.9. The number of nitriles is 1. The number of amides is 1. The molecular formula is C18H17ClN4O6S. The molecule has 2 N–H and O–H groups in total. The van der Waals surface area contributed by atoms with Crippen LogP contribution in [0.4, 0.5) is 10.6 Å². The summed E-state index contributed by atoms with van der Waals surface area (Å²) in [5, 5.41) is 9.12. The lowest BCUT2D eigenvalue weighted by Crippen LogP contribution is -2.38. The molecule has 1 amide bonds.